The van der Waals surface area contributed by atoms with Gasteiger partial charge in [0.2, 0.25) is 0 Å². The number of hydrogen-bond donors (Lipinski definition) is 1. The quantitative estimate of drug-likeness (QED) is 0.805. The zero-order valence-corrected chi connectivity index (χ0v) is 13.0. The number of carbonyl (C=O) groups is 1. The molecule has 0 unspecified atom stereocenters. The lowest BCUT2D eigenvalue weighted by molar-refractivity contribution is 0.0951. The number of aryl methyl sites for hydroxylation is 3. The van der Waals surface area contributed by atoms with Crippen LogP contribution in [0, 0.1) is 13.8 Å². The minimum absolute atomic E-state index is 0.0919. The third-order valence-corrected chi connectivity index (χ3v) is 3.93. The van der Waals surface area contributed by atoms with Gasteiger partial charge in [-0.15, -0.1) is 0 Å². The van der Waals surface area contributed by atoms with Gasteiger partial charge in [-0.25, -0.2) is 0 Å². The molecular weight excluding hydrogens is 278 g/mol. The molecule has 0 saturated heterocycles. The Morgan fingerprint density at radius 1 is 1.41 bits per heavy atom. The Bertz CT molecular complexity index is 830. The van der Waals surface area contributed by atoms with E-state index in [-0.39, 0.29) is 5.91 Å². The van der Waals surface area contributed by atoms with Crippen LogP contribution in [-0.2, 0) is 13.0 Å². The zero-order chi connectivity index (χ0) is 15.7. The number of fused-ring (bicyclic) bond motifs is 1. The second-order valence-electron chi connectivity index (χ2n) is 5.41. The standard InChI is InChI=1S/C17H19N3O2/c1-4-15-14(12(3)22-19-15)9-18-17(21)13-8-16-11(2)6-5-7-20(16)10-13/h5-8,10H,4,9H2,1-3H3,(H,18,21). The molecule has 0 aromatic carbocycles. The first-order valence-electron chi connectivity index (χ1n) is 7.39. The fourth-order valence-electron chi connectivity index (χ4n) is 2.62. The summed E-state index contributed by atoms with van der Waals surface area (Å²) in [7, 11) is 0. The summed E-state index contributed by atoms with van der Waals surface area (Å²) in [6.07, 6.45) is 4.58. The Morgan fingerprint density at radius 3 is 2.95 bits per heavy atom. The van der Waals surface area contributed by atoms with E-state index in [0.717, 1.165) is 34.5 Å². The molecule has 1 amide bonds. The van der Waals surface area contributed by atoms with Crippen LogP contribution < -0.4 is 5.32 Å². The van der Waals surface area contributed by atoms with Crippen LogP contribution in [0.15, 0.2) is 35.1 Å². The summed E-state index contributed by atoms with van der Waals surface area (Å²) < 4.78 is 7.15. The van der Waals surface area contributed by atoms with Crippen molar-refractivity contribution in [3.63, 3.8) is 0 Å². The van der Waals surface area contributed by atoms with E-state index in [1.165, 1.54) is 0 Å². The van der Waals surface area contributed by atoms with Crippen molar-refractivity contribution in [2.45, 2.75) is 33.7 Å². The number of nitrogens with one attached hydrogen (secondary N) is 1. The van der Waals surface area contributed by atoms with Gasteiger partial charge in [0.1, 0.15) is 5.76 Å². The highest BCUT2D eigenvalue weighted by molar-refractivity contribution is 5.95. The van der Waals surface area contributed by atoms with Gasteiger partial charge in [0.15, 0.2) is 0 Å². The number of nitrogens with zero attached hydrogens (tertiary/aromatic N) is 2. The van der Waals surface area contributed by atoms with Gasteiger partial charge in [0.05, 0.1) is 11.3 Å². The van der Waals surface area contributed by atoms with Crippen molar-refractivity contribution >= 4 is 11.4 Å². The summed E-state index contributed by atoms with van der Waals surface area (Å²) >= 11 is 0. The summed E-state index contributed by atoms with van der Waals surface area (Å²) in [6, 6.07) is 5.91. The van der Waals surface area contributed by atoms with Crippen LogP contribution in [0.4, 0.5) is 0 Å². The number of rotatable bonds is 4. The molecule has 114 valence electrons. The highest BCUT2D eigenvalue weighted by Gasteiger charge is 2.14. The maximum atomic E-state index is 12.4. The normalized spacial score (nSPS) is 11.0. The van der Waals surface area contributed by atoms with Gasteiger partial charge in [0, 0.05) is 30.0 Å². The van der Waals surface area contributed by atoms with E-state index < -0.39 is 0 Å². The average Bonchev–Trinajstić information content (AvgIpc) is 3.09. The highest BCUT2D eigenvalue weighted by Crippen LogP contribution is 2.16. The van der Waals surface area contributed by atoms with E-state index in [1.54, 1.807) is 0 Å². The molecule has 3 rings (SSSR count). The molecule has 22 heavy (non-hydrogen) atoms. The van der Waals surface area contributed by atoms with Crippen LogP contribution in [0.2, 0.25) is 0 Å². The Hall–Kier alpha value is -2.56. The maximum Gasteiger partial charge on any atom is 0.253 e. The zero-order valence-electron chi connectivity index (χ0n) is 13.0. The molecule has 0 radical (unpaired) electrons. The van der Waals surface area contributed by atoms with Gasteiger partial charge in [0.25, 0.3) is 5.91 Å². The van der Waals surface area contributed by atoms with Gasteiger partial charge in [-0.2, -0.15) is 0 Å². The van der Waals surface area contributed by atoms with E-state index in [2.05, 4.69) is 10.5 Å². The second-order valence-corrected chi connectivity index (χ2v) is 5.41. The van der Waals surface area contributed by atoms with Gasteiger partial charge in [-0.05, 0) is 38.0 Å². The number of amides is 1. The van der Waals surface area contributed by atoms with Gasteiger partial charge >= 0.3 is 0 Å². The molecule has 0 atom stereocenters. The SMILES string of the molecule is CCc1noc(C)c1CNC(=O)c1cc2c(C)cccn2c1. The number of carbonyl (C=O) groups excluding carboxylic acids is 1. The van der Waals surface area contributed by atoms with Gasteiger partial charge in [-0.1, -0.05) is 18.1 Å². The molecule has 0 aliphatic rings. The van der Waals surface area contributed by atoms with E-state index in [0.29, 0.717) is 12.1 Å². The van der Waals surface area contributed by atoms with E-state index in [9.17, 15) is 4.79 Å². The first kappa shape index (κ1) is 14.4. The highest BCUT2D eigenvalue weighted by atomic mass is 16.5. The summed E-state index contributed by atoms with van der Waals surface area (Å²) in [5.74, 6) is 0.667. The number of aromatic nitrogens is 2. The smallest absolute Gasteiger partial charge is 0.253 e. The van der Waals surface area contributed by atoms with Crippen LogP contribution in [-0.4, -0.2) is 15.5 Å². The van der Waals surface area contributed by atoms with Crippen LogP contribution >= 0.6 is 0 Å². The number of hydrogen-bond acceptors (Lipinski definition) is 3. The van der Waals surface area contributed by atoms with Crippen LogP contribution in [0.1, 0.15) is 39.9 Å². The summed E-state index contributed by atoms with van der Waals surface area (Å²) in [4.78, 5) is 12.4. The molecule has 5 heteroatoms. The Morgan fingerprint density at radius 2 is 2.23 bits per heavy atom. The average molecular weight is 297 g/mol. The van der Waals surface area contributed by atoms with Gasteiger partial charge < -0.3 is 14.2 Å². The van der Waals surface area contributed by atoms with Crippen molar-refractivity contribution in [3.05, 3.63) is 58.7 Å². The van der Waals surface area contributed by atoms with Crippen LogP contribution in [0.5, 0.6) is 0 Å². The minimum atomic E-state index is -0.0919. The Labute approximate surface area is 128 Å². The molecule has 3 aromatic heterocycles. The molecule has 0 spiro atoms. The van der Waals surface area contributed by atoms with Crippen molar-refractivity contribution in [2.24, 2.45) is 0 Å². The Balaban J connectivity index is 1.79. The first-order valence-corrected chi connectivity index (χ1v) is 7.39. The predicted molar refractivity (Wildman–Crippen MR) is 83.9 cm³/mol. The van der Waals surface area contributed by atoms with Crippen molar-refractivity contribution in [3.8, 4) is 0 Å². The predicted octanol–water partition coefficient (Wildman–Crippen LogP) is 3.04. The summed E-state index contributed by atoms with van der Waals surface area (Å²) in [5.41, 5.74) is 4.71. The van der Waals surface area contributed by atoms with E-state index in [1.807, 2.05) is 55.8 Å². The Kier molecular flexibility index (Phi) is 3.71. The molecule has 1 N–H and O–H groups in total. The number of pyridine rings is 1. The lowest BCUT2D eigenvalue weighted by atomic mass is 10.1. The van der Waals surface area contributed by atoms with Crippen molar-refractivity contribution in [2.75, 3.05) is 0 Å². The second kappa shape index (κ2) is 5.67. The van der Waals surface area contributed by atoms with Crippen molar-refractivity contribution in [1.82, 2.24) is 14.9 Å². The van der Waals surface area contributed by atoms with E-state index in [4.69, 9.17) is 4.52 Å². The van der Waals surface area contributed by atoms with E-state index >= 15 is 0 Å². The third kappa shape index (κ3) is 2.50. The van der Waals surface area contributed by atoms with Crippen LogP contribution in [0.25, 0.3) is 5.52 Å². The van der Waals surface area contributed by atoms with Gasteiger partial charge in [-0.3, -0.25) is 4.79 Å². The molecule has 0 fully saturated rings. The first-order chi connectivity index (χ1) is 10.6. The molecule has 0 bridgehead atoms. The van der Waals surface area contributed by atoms with Crippen molar-refractivity contribution in [1.29, 1.82) is 0 Å². The topological polar surface area (TPSA) is 59.5 Å². The van der Waals surface area contributed by atoms with Crippen LogP contribution in [0.3, 0.4) is 0 Å². The molecule has 3 aromatic rings. The third-order valence-electron chi connectivity index (χ3n) is 3.93. The molecule has 5 nitrogen and oxygen atoms in total. The minimum Gasteiger partial charge on any atom is -0.361 e. The lowest BCUT2D eigenvalue weighted by Gasteiger charge is -2.03. The summed E-state index contributed by atoms with van der Waals surface area (Å²) in [5, 5.41) is 6.95. The molecular formula is C17H19N3O2. The fourth-order valence-corrected chi connectivity index (χ4v) is 2.62. The largest absolute Gasteiger partial charge is 0.361 e. The molecule has 0 aliphatic carbocycles. The molecule has 0 saturated carbocycles. The fraction of sp³-hybridized carbons (Fsp3) is 0.294. The van der Waals surface area contributed by atoms with Crippen molar-refractivity contribution < 1.29 is 9.32 Å². The monoisotopic (exact) mass is 297 g/mol. The maximum absolute atomic E-state index is 12.4. The summed E-state index contributed by atoms with van der Waals surface area (Å²) in [6.45, 7) is 6.35. The molecule has 0 aliphatic heterocycles. The molecule has 3 heterocycles. The lowest BCUT2D eigenvalue weighted by Crippen LogP contribution is -2.23.